The van der Waals surface area contributed by atoms with Gasteiger partial charge in [-0.25, -0.2) is 4.79 Å². The summed E-state index contributed by atoms with van der Waals surface area (Å²) in [5, 5.41) is 5.55. The first-order chi connectivity index (χ1) is 14.7. The van der Waals surface area contributed by atoms with Crippen molar-refractivity contribution in [2.24, 2.45) is 0 Å². The topological polar surface area (TPSA) is 87.7 Å². The number of ether oxygens (including phenoxy) is 1. The highest BCUT2D eigenvalue weighted by atomic mass is 32.1. The van der Waals surface area contributed by atoms with Crippen molar-refractivity contribution in [3.8, 4) is 0 Å². The van der Waals surface area contributed by atoms with E-state index in [4.69, 9.17) is 4.74 Å². The van der Waals surface area contributed by atoms with E-state index in [-0.39, 0.29) is 23.7 Å². The number of nitrogens with one attached hydrogen (secondary N) is 2. The van der Waals surface area contributed by atoms with E-state index in [9.17, 15) is 14.4 Å². The Morgan fingerprint density at radius 2 is 1.66 bits per heavy atom. The second-order valence-electron chi connectivity index (χ2n) is 9.58. The lowest BCUT2D eigenvalue weighted by Crippen LogP contribution is -2.56. The van der Waals surface area contributed by atoms with Gasteiger partial charge in [0.05, 0.1) is 0 Å². The number of carbonyl (C=O) groups is 3. The molecular formula is C24H39N3O4S. The van der Waals surface area contributed by atoms with Gasteiger partial charge in [0.15, 0.2) is 0 Å². The first-order valence-corrected chi connectivity index (χ1v) is 11.6. The van der Waals surface area contributed by atoms with Gasteiger partial charge in [-0.3, -0.25) is 9.59 Å². The predicted molar refractivity (Wildman–Crippen MR) is 131 cm³/mol. The molecule has 0 saturated carbocycles. The fourth-order valence-corrected chi connectivity index (χ4v) is 3.59. The summed E-state index contributed by atoms with van der Waals surface area (Å²) in [6.07, 6.45) is -0.705. The van der Waals surface area contributed by atoms with E-state index in [2.05, 4.69) is 23.3 Å². The van der Waals surface area contributed by atoms with E-state index >= 15 is 0 Å². The second kappa shape index (κ2) is 11.6. The van der Waals surface area contributed by atoms with Gasteiger partial charge in [-0.15, -0.1) is 0 Å². The standard InChI is InChI=1S/C24H39N3O4S/c1-14(2)25-21(28)20(18-12-10-11-16(5)17(18)6)27(15(3)4)22(29)19(13-32)26-23(30)31-24(7,8)9/h10-12,14-15,19-20,32H,13H2,1-9H3,(H,25,28)(H,26,30). The average molecular weight is 466 g/mol. The second-order valence-corrected chi connectivity index (χ2v) is 9.94. The minimum absolute atomic E-state index is 0.0621. The molecule has 1 aromatic carbocycles. The molecule has 0 fully saturated rings. The van der Waals surface area contributed by atoms with E-state index in [0.29, 0.717) is 0 Å². The van der Waals surface area contributed by atoms with E-state index in [1.807, 2.05) is 59.7 Å². The van der Waals surface area contributed by atoms with Crippen LogP contribution in [0.15, 0.2) is 18.2 Å². The van der Waals surface area contributed by atoms with Crippen molar-refractivity contribution in [2.45, 2.75) is 92.1 Å². The van der Waals surface area contributed by atoms with Crippen LogP contribution in [0.1, 0.15) is 71.2 Å². The van der Waals surface area contributed by atoms with E-state index in [1.165, 1.54) is 4.90 Å². The zero-order valence-corrected chi connectivity index (χ0v) is 21.7. The summed E-state index contributed by atoms with van der Waals surface area (Å²) in [6, 6.07) is 3.51. The monoisotopic (exact) mass is 465 g/mol. The summed E-state index contributed by atoms with van der Waals surface area (Å²) >= 11 is 4.29. The molecule has 2 unspecified atom stereocenters. The number of carbonyl (C=O) groups excluding carboxylic acids is 3. The summed E-state index contributed by atoms with van der Waals surface area (Å²) in [6.45, 7) is 16.6. The smallest absolute Gasteiger partial charge is 0.408 e. The van der Waals surface area contributed by atoms with E-state index in [1.54, 1.807) is 20.8 Å². The van der Waals surface area contributed by atoms with Gasteiger partial charge in [0.1, 0.15) is 17.7 Å². The molecular weight excluding hydrogens is 426 g/mol. The van der Waals surface area contributed by atoms with Crippen LogP contribution in [0.3, 0.4) is 0 Å². The van der Waals surface area contributed by atoms with Crippen LogP contribution in [0.5, 0.6) is 0 Å². The van der Waals surface area contributed by atoms with Crippen LogP contribution in [-0.2, 0) is 14.3 Å². The molecule has 0 radical (unpaired) electrons. The first-order valence-electron chi connectivity index (χ1n) is 11.0. The highest BCUT2D eigenvalue weighted by Crippen LogP contribution is 2.29. The zero-order chi connectivity index (χ0) is 24.8. The van der Waals surface area contributed by atoms with Gasteiger partial charge in [-0.2, -0.15) is 12.6 Å². The van der Waals surface area contributed by atoms with Crippen molar-refractivity contribution in [2.75, 3.05) is 5.75 Å². The van der Waals surface area contributed by atoms with Crippen molar-refractivity contribution in [1.29, 1.82) is 0 Å². The first kappa shape index (κ1) is 27.8. The lowest BCUT2D eigenvalue weighted by atomic mass is 9.94. The lowest BCUT2D eigenvalue weighted by Gasteiger charge is -2.38. The van der Waals surface area contributed by atoms with Crippen LogP contribution in [0, 0.1) is 13.8 Å². The molecule has 7 nitrogen and oxygen atoms in total. The summed E-state index contributed by atoms with van der Waals surface area (Å²) in [7, 11) is 0. The van der Waals surface area contributed by atoms with Crippen molar-refractivity contribution >= 4 is 30.5 Å². The van der Waals surface area contributed by atoms with Crippen molar-refractivity contribution in [1.82, 2.24) is 15.5 Å². The van der Waals surface area contributed by atoms with Gasteiger partial charge in [-0.05, 0) is 79.0 Å². The van der Waals surface area contributed by atoms with Crippen molar-refractivity contribution in [3.63, 3.8) is 0 Å². The molecule has 0 aliphatic carbocycles. The SMILES string of the molecule is Cc1cccc(C(C(=O)NC(C)C)N(C(=O)C(CS)NC(=O)OC(C)(C)C)C(C)C)c1C. The average Bonchev–Trinajstić information content (AvgIpc) is 2.63. The number of hydrogen-bond acceptors (Lipinski definition) is 5. The zero-order valence-electron chi connectivity index (χ0n) is 20.8. The molecule has 0 heterocycles. The maximum absolute atomic E-state index is 13.6. The van der Waals surface area contributed by atoms with Gasteiger partial charge in [0.2, 0.25) is 11.8 Å². The molecule has 3 amide bonds. The normalized spacial score (nSPS) is 13.5. The molecule has 1 rings (SSSR count). The van der Waals surface area contributed by atoms with E-state index < -0.39 is 29.7 Å². The molecule has 0 aromatic heterocycles. The number of benzene rings is 1. The minimum Gasteiger partial charge on any atom is -0.444 e. The lowest BCUT2D eigenvalue weighted by molar-refractivity contribution is -0.144. The van der Waals surface area contributed by atoms with Crippen molar-refractivity contribution < 1.29 is 19.1 Å². The predicted octanol–water partition coefficient (Wildman–Crippen LogP) is 3.93. The molecule has 32 heavy (non-hydrogen) atoms. The van der Waals surface area contributed by atoms with Crippen LogP contribution in [0.25, 0.3) is 0 Å². The molecule has 0 saturated heterocycles. The number of alkyl carbamates (subject to hydrolysis) is 1. The maximum atomic E-state index is 13.6. The van der Waals surface area contributed by atoms with E-state index in [0.717, 1.165) is 16.7 Å². The number of amides is 3. The molecule has 8 heteroatoms. The highest BCUT2D eigenvalue weighted by molar-refractivity contribution is 7.80. The Hall–Kier alpha value is -2.22. The summed E-state index contributed by atoms with van der Waals surface area (Å²) in [4.78, 5) is 40.8. The third-order valence-corrected chi connectivity index (χ3v) is 5.25. The Labute approximate surface area is 198 Å². The highest BCUT2D eigenvalue weighted by Gasteiger charge is 2.38. The molecule has 2 atom stereocenters. The van der Waals surface area contributed by atoms with Gasteiger partial charge in [-0.1, -0.05) is 18.2 Å². The number of aryl methyl sites for hydroxylation is 1. The molecule has 0 spiro atoms. The third kappa shape index (κ3) is 7.73. The van der Waals surface area contributed by atoms with Crippen LogP contribution >= 0.6 is 12.6 Å². The van der Waals surface area contributed by atoms with Crippen LogP contribution in [0.4, 0.5) is 4.79 Å². The molecule has 0 aliphatic heterocycles. The van der Waals surface area contributed by atoms with Gasteiger partial charge < -0.3 is 20.3 Å². The van der Waals surface area contributed by atoms with Gasteiger partial charge in [0.25, 0.3) is 0 Å². The Bertz CT molecular complexity index is 818. The van der Waals surface area contributed by atoms with Gasteiger partial charge >= 0.3 is 6.09 Å². The molecule has 1 aromatic rings. The Kier molecular flexibility index (Phi) is 10.1. The Morgan fingerprint density at radius 3 is 2.12 bits per heavy atom. The number of nitrogens with zero attached hydrogens (tertiary/aromatic N) is 1. The molecule has 0 aliphatic rings. The summed E-state index contributed by atoms with van der Waals surface area (Å²) < 4.78 is 5.31. The molecule has 2 N–H and O–H groups in total. The number of rotatable bonds is 8. The van der Waals surface area contributed by atoms with Crippen molar-refractivity contribution in [3.05, 3.63) is 34.9 Å². The number of thiol groups is 1. The fraction of sp³-hybridized carbons (Fsp3) is 0.625. The quantitative estimate of drug-likeness (QED) is 0.508. The minimum atomic E-state index is -0.949. The Morgan fingerprint density at radius 1 is 1.06 bits per heavy atom. The maximum Gasteiger partial charge on any atom is 0.408 e. The van der Waals surface area contributed by atoms with Crippen LogP contribution in [-0.4, -0.2) is 52.3 Å². The van der Waals surface area contributed by atoms with Crippen LogP contribution < -0.4 is 10.6 Å². The molecule has 180 valence electrons. The largest absolute Gasteiger partial charge is 0.444 e. The fourth-order valence-electron chi connectivity index (χ4n) is 3.35. The molecule has 0 bridgehead atoms. The number of hydrogen-bond donors (Lipinski definition) is 3. The van der Waals surface area contributed by atoms with Gasteiger partial charge in [0, 0.05) is 17.8 Å². The third-order valence-electron chi connectivity index (χ3n) is 4.88. The van der Waals surface area contributed by atoms with Crippen LogP contribution in [0.2, 0.25) is 0 Å². The Balaban J connectivity index is 3.43. The summed E-state index contributed by atoms with van der Waals surface area (Å²) in [5.74, 6) is -0.608. The summed E-state index contributed by atoms with van der Waals surface area (Å²) in [5.41, 5.74) is 2.01.